The third-order valence-electron chi connectivity index (χ3n) is 4.81. The second-order valence-electron chi connectivity index (χ2n) is 6.13. The standard InChI is InChI=1S/C19H31NO.ClH/c1-3-20(4-2)15-16-21-19(17-11-7-5-8-12-17)18-13-9-6-10-14-18;/h5,7-8,11-12,18-19H,3-4,6,9-10,13-16H2,1-2H3;1H. The molecule has 1 fully saturated rings. The lowest BCUT2D eigenvalue weighted by Crippen LogP contribution is -2.29. The van der Waals surface area contributed by atoms with Gasteiger partial charge in [-0.3, -0.25) is 0 Å². The van der Waals surface area contributed by atoms with E-state index in [-0.39, 0.29) is 12.4 Å². The second kappa shape index (κ2) is 11.0. The van der Waals surface area contributed by atoms with Gasteiger partial charge in [-0.05, 0) is 37.4 Å². The van der Waals surface area contributed by atoms with Crippen LogP contribution in [0.1, 0.15) is 57.6 Å². The van der Waals surface area contributed by atoms with Crippen LogP contribution in [0.2, 0.25) is 0 Å². The highest BCUT2D eigenvalue weighted by Gasteiger charge is 2.25. The van der Waals surface area contributed by atoms with E-state index in [2.05, 4.69) is 49.1 Å². The molecule has 0 saturated heterocycles. The lowest BCUT2D eigenvalue weighted by Gasteiger charge is -2.31. The molecule has 0 aromatic heterocycles. The minimum absolute atomic E-state index is 0. The summed E-state index contributed by atoms with van der Waals surface area (Å²) >= 11 is 0. The molecule has 3 heteroatoms. The van der Waals surface area contributed by atoms with Crippen LogP contribution < -0.4 is 0 Å². The summed E-state index contributed by atoms with van der Waals surface area (Å²) in [5, 5.41) is 0. The quantitative estimate of drug-likeness (QED) is 0.660. The van der Waals surface area contributed by atoms with E-state index in [0.29, 0.717) is 12.0 Å². The monoisotopic (exact) mass is 325 g/mol. The van der Waals surface area contributed by atoms with Gasteiger partial charge >= 0.3 is 0 Å². The van der Waals surface area contributed by atoms with Gasteiger partial charge in [-0.1, -0.05) is 63.4 Å². The third kappa shape index (κ3) is 5.91. The number of hydrogen-bond donors (Lipinski definition) is 0. The summed E-state index contributed by atoms with van der Waals surface area (Å²) in [5.74, 6) is 0.706. The Balaban J connectivity index is 0.00000242. The van der Waals surface area contributed by atoms with Crippen molar-refractivity contribution >= 4 is 12.4 Å². The van der Waals surface area contributed by atoms with E-state index in [0.717, 1.165) is 26.2 Å². The molecule has 1 atom stereocenters. The normalized spacial score (nSPS) is 17.2. The molecular formula is C19H32ClNO. The van der Waals surface area contributed by atoms with Gasteiger partial charge in [0.1, 0.15) is 0 Å². The lowest BCUT2D eigenvalue weighted by atomic mass is 9.82. The Labute approximate surface area is 142 Å². The smallest absolute Gasteiger partial charge is 0.0853 e. The van der Waals surface area contributed by atoms with Crippen molar-refractivity contribution in [3.05, 3.63) is 35.9 Å². The van der Waals surface area contributed by atoms with Crippen LogP contribution in [-0.2, 0) is 4.74 Å². The Bertz CT molecular complexity index is 374. The average Bonchev–Trinajstić information content (AvgIpc) is 2.57. The zero-order valence-electron chi connectivity index (χ0n) is 14.2. The largest absolute Gasteiger partial charge is 0.372 e. The summed E-state index contributed by atoms with van der Waals surface area (Å²) in [4.78, 5) is 2.43. The van der Waals surface area contributed by atoms with E-state index in [9.17, 15) is 0 Å². The van der Waals surface area contributed by atoms with Gasteiger partial charge in [-0.15, -0.1) is 12.4 Å². The van der Waals surface area contributed by atoms with E-state index >= 15 is 0 Å². The van der Waals surface area contributed by atoms with Crippen LogP contribution in [0.3, 0.4) is 0 Å². The summed E-state index contributed by atoms with van der Waals surface area (Å²) in [7, 11) is 0. The first kappa shape index (κ1) is 19.5. The maximum atomic E-state index is 6.36. The number of hydrogen-bond acceptors (Lipinski definition) is 2. The minimum Gasteiger partial charge on any atom is -0.372 e. The van der Waals surface area contributed by atoms with Crippen LogP contribution in [0.15, 0.2) is 30.3 Å². The van der Waals surface area contributed by atoms with Crippen molar-refractivity contribution in [1.29, 1.82) is 0 Å². The average molecular weight is 326 g/mol. The van der Waals surface area contributed by atoms with Gasteiger partial charge < -0.3 is 9.64 Å². The maximum absolute atomic E-state index is 6.36. The molecule has 0 bridgehead atoms. The van der Waals surface area contributed by atoms with Crippen LogP contribution in [0, 0.1) is 5.92 Å². The third-order valence-corrected chi connectivity index (χ3v) is 4.81. The van der Waals surface area contributed by atoms with Crippen molar-refractivity contribution < 1.29 is 4.74 Å². The predicted molar refractivity (Wildman–Crippen MR) is 96.7 cm³/mol. The topological polar surface area (TPSA) is 12.5 Å². The van der Waals surface area contributed by atoms with Crippen LogP contribution >= 0.6 is 12.4 Å². The summed E-state index contributed by atoms with van der Waals surface area (Å²) in [5.41, 5.74) is 1.36. The van der Waals surface area contributed by atoms with Gasteiger partial charge in [0.05, 0.1) is 12.7 Å². The zero-order chi connectivity index (χ0) is 14.9. The molecule has 2 rings (SSSR count). The van der Waals surface area contributed by atoms with Crippen LogP contribution in [0.4, 0.5) is 0 Å². The molecule has 126 valence electrons. The summed E-state index contributed by atoms with van der Waals surface area (Å²) in [6, 6.07) is 10.8. The molecule has 0 spiro atoms. The zero-order valence-corrected chi connectivity index (χ0v) is 15.0. The number of nitrogens with zero attached hydrogens (tertiary/aromatic N) is 1. The number of rotatable bonds is 8. The molecule has 0 amide bonds. The Morgan fingerprint density at radius 2 is 1.68 bits per heavy atom. The van der Waals surface area contributed by atoms with Crippen LogP contribution in [-0.4, -0.2) is 31.1 Å². The number of likely N-dealkylation sites (N-methyl/N-ethyl adjacent to an activating group) is 1. The number of ether oxygens (including phenoxy) is 1. The van der Waals surface area contributed by atoms with Gasteiger partial charge in [0.25, 0.3) is 0 Å². The molecular weight excluding hydrogens is 294 g/mol. The fraction of sp³-hybridized carbons (Fsp3) is 0.684. The van der Waals surface area contributed by atoms with Crippen molar-refractivity contribution in [2.45, 2.75) is 52.1 Å². The maximum Gasteiger partial charge on any atom is 0.0853 e. The van der Waals surface area contributed by atoms with Gasteiger partial charge in [0.2, 0.25) is 0 Å². The van der Waals surface area contributed by atoms with Gasteiger partial charge in [-0.2, -0.15) is 0 Å². The van der Waals surface area contributed by atoms with Crippen molar-refractivity contribution in [2.24, 2.45) is 5.92 Å². The highest BCUT2D eigenvalue weighted by atomic mass is 35.5. The van der Waals surface area contributed by atoms with E-state index in [1.807, 2.05) is 0 Å². The SMILES string of the molecule is CCN(CC)CCOC(c1ccccc1)C1CCCCC1.Cl. The molecule has 2 nitrogen and oxygen atoms in total. The molecule has 0 radical (unpaired) electrons. The molecule has 1 saturated carbocycles. The molecule has 0 heterocycles. The summed E-state index contributed by atoms with van der Waals surface area (Å²) < 4.78 is 6.36. The number of benzene rings is 1. The predicted octanol–water partition coefficient (Wildman–Crippen LogP) is 5.09. The fourth-order valence-corrected chi connectivity index (χ4v) is 3.43. The Hall–Kier alpha value is -0.570. The van der Waals surface area contributed by atoms with E-state index in [1.165, 1.54) is 37.7 Å². The Morgan fingerprint density at radius 1 is 1.05 bits per heavy atom. The van der Waals surface area contributed by atoms with Gasteiger partial charge in [-0.25, -0.2) is 0 Å². The molecule has 0 aliphatic heterocycles. The highest BCUT2D eigenvalue weighted by Crippen LogP contribution is 2.36. The second-order valence-corrected chi connectivity index (χ2v) is 6.13. The molecule has 1 aromatic rings. The highest BCUT2D eigenvalue weighted by molar-refractivity contribution is 5.85. The fourth-order valence-electron chi connectivity index (χ4n) is 3.43. The first-order valence-corrected chi connectivity index (χ1v) is 8.74. The molecule has 1 unspecified atom stereocenters. The first-order valence-electron chi connectivity index (χ1n) is 8.74. The summed E-state index contributed by atoms with van der Waals surface area (Å²) in [6.07, 6.45) is 7.08. The minimum atomic E-state index is 0. The molecule has 0 N–H and O–H groups in total. The van der Waals surface area contributed by atoms with Crippen molar-refractivity contribution in [1.82, 2.24) is 4.90 Å². The summed E-state index contributed by atoms with van der Waals surface area (Å²) in [6.45, 7) is 8.55. The molecule has 22 heavy (non-hydrogen) atoms. The van der Waals surface area contributed by atoms with Gasteiger partial charge in [0, 0.05) is 6.54 Å². The van der Waals surface area contributed by atoms with E-state index in [4.69, 9.17) is 4.74 Å². The van der Waals surface area contributed by atoms with E-state index in [1.54, 1.807) is 0 Å². The lowest BCUT2D eigenvalue weighted by molar-refractivity contribution is -0.00996. The Morgan fingerprint density at radius 3 is 2.27 bits per heavy atom. The van der Waals surface area contributed by atoms with Crippen LogP contribution in [0.25, 0.3) is 0 Å². The molecule has 1 aliphatic rings. The van der Waals surface area contributed by atoms with E-state index < -0.39 is 0 Å². The van der Waals surface area contributed by atoms with Crippen molar-refractivity contribution in [3.8, 4) is 0 Å². The molecule has 1 aromatic carbocycles. The van der Waals surface area contributed by atoms with Crippen molar-refractivity contribution in [2.75, 3.05) is 26.2 Å². The Kier molecular flexibility index (Phi) is 9.77. The molecule has 1 aliphatic carbocycles. The number of halogens is 1. The van der Waals surface area contributed by atoms with Crippen LogP contribution in [0.5, 0.6) is 0 Å². The first-order chi connectivity index (χ1) is 10.3. The van der Waals surface area contributed by atoms with Crippen molar-refractivity contribution in [3.63, 3.8) is 0 Å². The van der Waals surface area contributed by atoms with Gasteiger partial charge in [0.15, 0.2) is 0 Å².